The molecule has 5 nitrogen and oxygen atoms in total. The molecule has 1 fully saturated rings. The second kappa shape index (κ2) is 5.13. The van der Waals surface area contributed by atoms with Crippen LogP contribution >= 0.6 is 0 Å². The van der Waals surface area contributed by atoms with Crippen LogP contribution in [0.5, 0.6) is 0 Å². The maximum absolute atomic E-state index is 4.83. The first-order chi connectivity index (χ1) is 12.4. The summed E-state index contributed by atoms with van der Waals surface area (Å²) in [6.45, 7) is 10.3. The van der Waals surface area contributed by atoms with Crippen LogP contribution < -0.4 is 5.32 Å². The molecule has 0 spiro atoms. The second-order valence-electron chi connectivity index (χ2n) is 8.67. The zero-order chi connectivity index (χ0) is 18.1. The Morgan fingerprint density at radius 1 is 1.12 bits per heavy atom. The number of nitrogens with one attached hydrogen (secondary N) is 2. The zero-order valence-electron chi connectivity index (χ0n) is 15.8. The Bertz CT molecular complexity index is 1000. The van der Waals surface area contributed by atoms with E-state index in [0.29, 0.717) is 6.04 Å². The van der Waals surface area contributed by atoms with Gasteiger partial charge in [0.25, 0.3) is 0 Å². The highest BCUT2D eigenvalue weighted by atomic mass is 15.0. The average molecular weight is 347 g/mol. The Morgan fingerprint density at radius 3 is 2.73 bits per heavy atom. The molecule has 1 aliphatic heterocycles. The zero-order valence-corrected chi connectivity index (χ0v) is 15.8. The van der Waals surface area contributed by atoms with Gasteiger partial charge in [-0.2, -0.15) is 0 Å². The Hall–Kier alpha value is -2.27. The van der Waals surface area contributed by atoms with Gasteiger partial charge in [0, 0.05) is 17.7 Å². The van der Waals surface area contributed by atoms with Crippen LogP contribution in [0.25, 0.3) is 22.6 Å². The summed E-state index contributed by atoms with van der Waals surface area (Å²) in [6.07, 6.45) is 5.81. The molecule has 0 amide bonds. The number of aryl methyl sites for hydroxylation is 1. The van der Waals surface area contributed by atoms with Crippen LogP contribution in [0.15, 0.2) is 24.5 Å². The summed E-state index contributed by atoms with van der Waals surface area (Å²) >= 11 is 0. The number of rotatable bonds is 1. The van der Waals surface area contributed by atoms with Gasteiger partial charge in [-0.3, -0.25) is 4.98 Å². The van der Waals surface area contributed by atoms with Crippen molar-refractivity contribution in [3.05, 3.63) is 41.3 Å². The van der Waals surface area contributed by atoms with E-state index >= 15 is 0 Å². The standard InChI is InChI=1S/C21H25N5/c1-12-10-24-17(11-23-12)19-25-15-7-13-8-18-20(2,3)21(4,5-6-22-18)14(13)9-16(15)26-19/h7,9-11,18,22H,5-6,8H2,1-4H3,(H,25,26)/t18-,21-/m0/s1. The molecule has 0 saturated carbocycles. The summed E-state index contributed by atoms with van der Waals surface area (Å²) in [5, 5.41) is 3.75. The fourth-order valence-corrected chi connectivity index (χ4v) is 4.91. The van der Waals surface area contributed by atoms with Gasteiger partial charge in [-0.15, -0.1) is 0 Å². The van der Waals surface area contributed by atoms with Gasteiger partial charge in [0.1, 0.15) is 5.69 Å². The van der Waals surface area contributed by atoms with Crippen LogP contribution in [-0.2, 0) is 11.8 Å². The molecule has 2 atom stereocenters. The quantitative estimate of drug-likeness (QED) is 0.707. The number of benzene rings is 1. The molecule has 2 bridgehead atoms. The van der Waals surface area contributed by atoms with E-state index in [2.05, 4.69) is 53.2 Å². The van der Waals surface area contributed by atoms with Gasteiger partial charge in [-0.25, -0.2) is 9.97 Å². The summed E-state index contributed by atoms with van der Waals surface area (Å²) < 4.78 is 0. The minimum atomic E-state index is 0.174. The number of nitrogens with zero attached hydrogens (tertiary/aromatic N) is 3. The third-order valence-corrected chi connectivity index (χ3v) is 7.06. The molecule has 2 aromatic heterocycles. The summed E-state index contributed by atoms with van der Waals surface area (Å²) in [5.41, 5.74) is 7.13. The van der Waals surface area contributed by atoms with Gasteiger partial charge in [0.2, 0.25) is 0 Å². The molecule has 3 aromatic rings. The lowest BCUT2D eigenvalue weighted by molar-refractivity contribution is 0.0561. The largest absolute Gasteiger partial charge is 0.337 e. The molecule has 0 radical (unpaired) electrons. The molecule has 134 valence electrons. The highest BCUT2D eigenvalue weighted by molar-refractivity contribution is 5.81. The lowest BCUT2D eigenvalue weighted by atomic mass is 9.51. The van der Waals surface area contributed by atoms with Crippen LogP contribution in [-0.4, -0.2) is 32.5 Å². The summed E-state index contributed by atoms with van der Waals surface area (Å²) in [7, 11) is 0. The predicted molar refractivity (Wildman–Crippen MR) is 103 cm³/mol. The predicted octanol–water partition coefficient (Wildman–Crippen LogP) is 3.53. The summed E-state index contributed by atoms with van der Waals surface area (Å²) in [4.78, 5) is 17.1. The summed E-state index contributed by atoms with van der Waals surface area (Å²) in [6, 6.07) is 5.14. The van der Waals surface area contributed by atoms with Crippen LogP contribution in [0.2, 0.25) is 0 Å². The van der Waals surface area contributed by atoms with Crippen LogP contribution in [0.1, 0.15) is 44.0 Å². The topological polar surface area (TPSA) is 66.5 Å². The Balaban J connectivity index is 1.68. The highest BCUT2D eigenvalue weighted by Crippen LogP contribution is 2.54. The third-order valence-electron chi connectivity index (χ3n) is 7.06. The van der Waals surface area contributed by atoms with E-state index in [-0.39, 0.29) is 10.8 Å². The molecule has 26 heavy (non-hydrogen) atoms. The monoisotopic (exact) mass is 347 g/mol. The molecule has 1 aliphatic carbocycles. The fraction of sp³-hybridized carbons (Fsp3) is 0.476. The van der Waals surface area contributed by atoms with Crippen molar-refractivity contribution < 1.29 is 0 Å². The molecule has 2 N–H and O–H groups in total. The van der Waals surface area contributed by atoms with Gasteiger partial charge in [-0.05, 0) is 55.0 Å². The van der Waals surface area contributed by atoms with E-state index in [1.54, 1.807) is 12.4 Å². The molecular formula is C21H25N5. The SMILES string of the molecule is Cc1cnc(-c2nc3cc4c(cc3[nH]2)C[C@@H]2NCC[C@]4(C)C2(C)C)cn1. The second-order valence-corrected chi connectivity index (χ2v) is 8.67. The van der Waals surface area contributed by atoms with Crippen molar-refractivity contribution in [3.8, 4) is 11.5 Å². The van der Waals surface area contributed by atoms with E-state index < -0.39 is 0 Å². The number of hydrogen-bond acceptors (Lipinski definition) is 4. The van der Waals surface area contributed by atoms with Crippen molar-refractivity contribution in [2.24, 2.45) is 5.41 Å². The first-order valence-electron chi connectivity index (χ1n) is 9.44. The molecule has 0 unspecified atom stereocenters. The maximum atomic E-state index is 4.83. The van der Waals surface area contributed by atoms with Crippen molar-refractivity contribution in [3.63, 3.8) is 0 Å². The summed E-state index contributed by atoms with van der Waals surface area (Å²) in [5.74, 6) is 0.792. The number of imidazole rings is 1. The van der Waals surface area contributed by atoms with Crippen molar-refractivity contribution in [1.82, 2.24) is 25.3 Å². The van der Waals surface area contributed by atoms with Crippen molar-refractivity contribution >= 4 is 11.0 Å². The first kappa shape index (κ1) is 15.9. The maximum Gasteiger partial charge on any atom is 0.158 e. The Morgan fingerprint density at radius 2 is 1.96 bits per heavy atom. The number of fused-ring (bicyclic) bond motifs is 5. The van der Waals surface area contributed by atoms with Crippen LogP contribution in [0.3, 0.4) is 0 Å². The molecule has 1 aromatic carbocycles. The van der Waals surface area contributed by atoms with Gasteiger partial charge < -0.3 is 10.3 Å². The number of H-pyrrole nitrogens is 1. The van der Waals surface area contributed by atoms with E-state index in [1.165, 1.54) is 11.1 Å². The number of hydrogen-bond donors (Lipinski definition) is 2. The van der Waals surface area contributed by atoms with Gasteiger partial charge in [-0.1, -0.05) is 20.8 Å². The number of piperidine rings is 1. The minimum absolute atomic E-state index is 0.174. The van der Waals surface area contributed by atoms with E-state index in [4.69, 9.17) is 4.98 Å². The molecule has 2 aliphatic rings. The Labute approximate surface area is 153 Å². The molecule has 3 heterocycles. The van der Waals surface area contributed by atoms with Crippen molar-refractivity contribution in [2.45, 2.75) is 52.0 Å². The van der Waals surface area contributed by atoms with E-state index in [9.17, 15) is 0 Å². The molecule has 1 saturated heterocycles. The number of aromatic amines is 1. The third kappa shape index (κ3) is 2.04. The minimum Gasteiger partial charge on any atom is -0.337 e. The van der Waals surface area contributed by atoms with Gasteiger partial charge >= 0.3 is 0 Å². The smallest absolute Gasteiger partial charge is 0.158 e. The van der Waals surface area contributed by atoms with Crippen molar-refractivity contribution in [2.75, 3.05) is 6.54 Å². The molecular weight excluding hydrogens is 322 g/mol. The highest BCUT2D eigenvalue weighted by Gasteiger charge is 2.53. The first-order valence-corrected chi connectivity index (χ1v) is 9.44. The normalized spacial score (nSPS) is 26.7. The number of aromatic nitrogens is 4. The lowest BCUT2D eigenvalue weighted by Crippen LogP contribution is -2.62. The average Bonchev–Trinajstić information content (AvgIpc) is 3.00. The molecule has 5 heteroatoms. The van der Waals surface area contributed by atoms with Gasteiger partial charge in [0.15, 0.2) is 5.82 Å². The Kier molecular flexibility index (Phi) is 3.15. The fourth-order valence-electron chi connectivity index (χ4n) is 4.91. The van der Waals surface area contributed by atoms with Gasteiger partial charge in [0.05, 0.1) is 22.9 Å². The van der Waals surface area contributed by atoms with E-state index in [1.807, 2.05) is 6.92 Å². The van der Waals surface area contributed by atoms with Crippen LogP contribution in [0.4, 0.5) is 0 Å². The van der Waals surface area contributed by atoms with Crippen molar-refractivity contribution in [1.29, 1.82) is 0 Å². The van der Waals surface area contributed by atoms with Crippen LogP contribution in [0, 0.1) is 12.3 Å². The molecule has 5 rings (SSSR count). The van der Waals surface area contributed by atoms with E-state index in [0.717, 1.165) is 47.6 Å². The lowest BCUT2D eigenvalue weighted by Gasteiger charge is -2.57.